The van der Waals surface area contributed by atoms with Gasteiger partial charge in [-0.3, -0.25) is 0 Å². The van der Waals surface area contributed by atoms with Crippen LogP contribution in [0.3, 0.4) is 0 Å². The molecule has 5 heteroatoms. The molecule has 0 fully saturated rings. The predicted octanol–water partition coefficient (Wildman–Crippen LogP) is 7.89. The Bertz CT molecular complexity index is 1570. The van der Waals surface area contributed by atoms with Crippen molar-refractivity contribution >= 4 is 49.0 Å². The van der Waals surface area contributed by atoms with Crippen molar-refractivity contribution in [2.45, 2.75) is 6.54 Å². The van der Waals surface area contributed by atoms with Crippen molar-refractivity contribution in [1.82, 2.24) is 9.55 Å². The Morgan fingerprint density at radius 2 is 1.59 bits per heavy atom. The lowest BCUT2D eigenvalue weighted by Gasteiger charge is -2.00. The third kappa shape index (κ3) is 3.27. The van der Waals surface area contributed by atoms with Crippen LogP contribution in [0.4, 0.5) is 5.69 Å². The van der Waals surface area contributed by atoms with E-state index in [1.54, 1.807) is 11.3 Å². The maximum atomic E-state index is 4.73. The molecule has 32 heavy (non-hydrogen) atoms. The molecule has 0 aliphatic heterocycles. The fourth-order valence-electron chi connectivity index (χ4n) is 4.18. The first-order valence-corrected chi connectivity index (χ1v) is 11.4. The number of para-hydroxylation sites is 2. The standard InChI is InChI=1S/C27H20N4S/c1-31-24-8-4-2-6-21(24)22-16-18(10-15-25(22)31)17-28-30-20-13-11-19(12-14-20)27-29-23-7-3-5-9-26(23)32-27/h2-16H,17H2,1H3. The van der Waals surface area contributed by atoms with Crippen LogP contribution in [0.25, 0.3) is 42.6 Å². The van der Waals surface area contributed by atoms with E-state index >= 15 is 0 Å². The van der Waals surface area contributed by atoms with E-state index in [0.29, 0.717) is 6.54 Å². The fraction of sp³-hybridized carbons (Fsp3) is 0.0741. The number of hydrogen-bond donors (Lipinski definition) is 0. The maximum Gasteiger partial charge on any atom is 0.124 e. The Morgan fingerprint density at radius 3 is 2.47 bits per heavy atom. The van der Waals surface area contributed by atoms with Gasteiger partial charge in [-0.15, -0.1) is 11.3 Å². The van der Waals surface area contributed by atoms with Gasteiger partial charge in [-0.1, -0.05) is 36.4 Å². The number of thiazole rings is 1. The lowest BCUT2D eigenvalue weighted by atomic mass is 10.1. The van der Waals surface area contributed by atoms with Gasteiger partial charge in [0.25, 0.3) is 0 Å². The molecule has 0 aliphatic rings. The first-order chi connectivity index (χ1) is 15.8. The molecular weight excluding hydrogens is 412 g/mol. The molecule has 0 atom stereocenters. The summed E-state index contributed by atoms with van der Waals surface area (Å²) >= 11 is 1.71. The van der Waals surface area contributed by atoms with Crippen LogP contribution in [-0.4, -0.2) is 9.55 Å². The van der Waals surface area contributed by atoms with Gasteiger partial charge in [-0.25, -0.2) is 4.98 Å². The van der Waals surface area contributed by atoms with Crippen LogP contribution in [0.5, 0.6) is 0 Å². The number of fused-ring (bicyclic) bond motifs is 4. The number of benzene rings is 4. The molecular formula is C27H20N4S. The second kappa shape index (κ2) is 7.70. The number of aryl methyl sites for hydroxylation is 1. The highest BCUT2D eigenvalue weighted by atomic mass is 32.1. The molecule has 6 rings (SSSR count). The van der Waals surface area contributed by atoms with Crippen molar-refractivity contribution in [3.63, 3.8) is 0 Å². The summed E-state index contributed by atoms with van der Waals surface area (Å²) in [5.74, 6) is 0. The van der Waals surface area contributed by atoms with Crippen LogP contribution >= 0.6 is 11.3 Å². The lowest BCUT2D eigenvalue weighted by molar-refractivity contribution is 0.959. The second-order valence-electron chi connectivity index (χ2n) is 7.86. The molecule has 0 bridgehead atoms. The third-order valence-electron chi connectivity index (χ3n) is 5.83. The molecule has 0 saturated carbocycles. The van der Waals surface area contributed by atoms with Gasteiger partial charge in [0.1, 0.15) is 5.01 Å². The lowest BCUT2D eigenvalue weighted by Crippen LogP contribution is -1.86. The molecule has 0 spiro atoms. The number of nitrogens with zero attached hydrogens (tertiary/aromatic N) is 4. The van der Waals surface area contributed by atoms with Crippen molar-refractivity contribution in [3.8, 4) is 10.6 Å². The van der Waals surface area contributed by atoms with Crippen LogP contribution in [0, 0.1) is 0 Å². The Balaban J connectivity index is 1.22. The zero-order valence-corrected chi connectivity index (χ0v) is 18.4. The molecule has 0 unspecified atom stereocenters. The Hall–Kier alpha value is -3.83. The number of aromatic nitrogens is 2. The second-order valence-corrected chi connectivity index (χ2v) is 8.89. The van der Waals surface area contributed by atoms with E-state index in [-0.39, 0.29) is 0 Å². The van der Waals surface area contributed by atoms with E-state index in [0.717, 1.165) is 27.3 Å². The average molecular weight is 433 g/mol. The summed E-state index contributed by atoms with van der Waals surface area (Å²) in [6.45, 7) is 0.554. The minimum atomic E-state index is 0.554. The summed E-state index contributed by atoms with van der Waals surface area (Å²) in [6, 6.07) is 31.4. The van der Waals surface area contributed by atoms with E-state index in [9.17, 15) is 0 Å². The minimum Gasteiger partial charge on any atom is -0.344 e. The Morgan fingerprint density at radius 1 is 0.812 bits per heavy atom. The number of azo groups is 1. The molecule has 0 radical (unpaired) electrons. The SMILES string of the molecule is Cn1c2ccccc2c2cc(CN=Nc3ccc(-c4nc5ccccc5s4)cc3)ccc21. The highest BCUT2D eigenvalue weighted by Crippen LogP contribution is 2.31. The molecule has 0 amide bonds. The zero-order valence-electron chi connectivity index (χ0n) is 17.6. The van der Waals surface area contributed by atoms with Gasteiger partial charge >= 0.3 is 0 Å². The first kappa shape index (κ1) is 18.9. The van der Waals surface area contributed by atoms with Gasteiger partial charge in [-0.2, -0.15) is 10.2 Å². The molecule has 154 valence electrons. The molecule has 2 aromatic heterocycles. The predicted molar refractivity (Wildman–Crippen MR) is 134 cm³/mol. The fourth-order valence-corrected chi connectivity index (χ4v) is 5.15. The van der Waals surface area contributed by atoms with Gasteiger partial charge in [-0.05, 0) is 60.2 Å². The van der Waals surface area contributed by atoms with Crippen LogP contribution < -0.4 is 0 Å². The van der Waals surface area contributed by atoms with Crippen molar-refractivity contribution in [2.75, 3.05) is 0 Å². The average Bonchev–Trinajstić information content (AvgIpc) is 3.39. The van der Waals surface area contributed by atoms with Crippen LogP contribution in [-0.2, 0) is 13.6 Å². The summed E-state index contributed by atoms with van der Waals surface area (Å²) in [4.78, 5) is 4.73. The smallest absolute Gasteiger partial charge is 0.124 e. The zero-order chi connectivity index (χ0) is 21.5. The van der Waals surface area contributed by atoms with E-state index in [1.165, 1.54) is 26.5 Å². The summed E-state index contributed by atoms with van der Waals surface area (Å²) in [5, 5.41) is 12.4. The first-order valence-electron chi connectivity index (χ1n) is 10.6. The van der Waals surface area contributed by atoms with Crippen molar-refractivity contribution in [1.29, 1.82) is 0 Å². The molecule has 4 aromatic carbocycles. The van der Waals surface area contributed by atoms with Crippen molar-refractivity contribution < 1.29 is 0 Å². The number of hydrogen-bond acceptors (Lipinski definition) is 4. The van der Waals surface area contributed by atoms with Crippen molar-refractivity contribution in [3.05, 3.63) is 96.6 Å². The summed E-state index contributed by atoms with van der Waals surface area (Å²) < 4.78 is 3.44. The summed E-state index contributed by atoms with van der Waals surface area (Å²) in [5.41, 5.74) is 6.63. The Labute approximate surface area is 189 Å². The monoisotopic (exact) mass is 432 g/mol. The summed E-state index contributed by atoms with van der Waals surface area (Å²) in [6.07, 6.45) is 0. The van der Waals surface area contributed by atoms with Gasteiger partial charge in [0, 0.05) is 34.4 Å². The van der Waals surface area contributed by atoms with E-state index in [1.807, 2.05) is 30.3 Å². The molecule has 0 N–H and O–H groups in total. The molecule has 0 aliphatic carbocycles. The van der Waals surface area contributed by atoms with E-state index in [2.05, 4.69) is 82.5 Å². The summed E-state index contributed by atoms with van der Waals surface area (Å²) in [7, 11) is 2.11. The topological polar surface area (TPSA) is 42.5 Å². The highest BCUT2D eigenvalue weighted by molar-refractivity contribution is 7.21. The van der Waals surface area contributed by atoms with Crippen LogP contribution in [0.2, 0.25) is 0 Å². The van der Waals surface area contributed by atoms with Gasteiger partial charge in [0.05, 0.1) is 22.4 Å². The minimum absolute atomic E-state index is 0.554. The molecule has 0 saturated heterocycles. The van der Waals surface area contributed by atoms with Gasteiger partial charge < -0.3 is 4.57 Å². The van der Waals surface area contributed by atoms with Crippen molar-refractivity contribution in [2.24, 2.45) is 17.3 Å². The molecule has 2 heterocycles. The highest BCUT2D eigenvalue weighted by Gasteiger charge is 2.08. The maximum absolute atomic E-state index is 4.73. The normalized spacial score (nSPS) is 11.9. The largest absolute Gasteiger partial charge is 0.344 e. The third-order valence-corrected chi connectivity index (χ3v) is 6.91. The van der Waals surface area contributed by atoms with E-state index < -0.39 is 0 Å². The van der Waals surface area contributed by atoms with Gasteiger partial charge in [0.15, 0.2) is 0 Å². The van der Waals surface area contributed by atoms with Crippen LogP contribution in [0.1, 0.15) is 5.56 Å². The Kier molecular flexibility index (Phi) is 4.55. The number of rotatable bonds is 4. The van der Waals surface area contributed by atoms with Gasteiger partial charge in [0.2, 0.25) is 0 Å². The molecule has 4 nitrogen and oxygen atoms in total. The van der Waals surface area contributed by atoms with Crippen LogP contribution in [0.15, 0.2) is 101 Å². The quantitative estimate of drug-likeness (QED) is 0.261. The van der Waals surface area contributed by atoms with E-state index in [4.69, 9.17) is 4.98 Å². The molecule has 6 aromatic rings.